The summed E-state index contributed by atoms with van der Waals surface area (Å²) < 4.78 is 38.0. The van der Waals surface area contributed by atoms with Crippen molar-refractivity contribution in [3.8, 4) is 0 Å². The predicted octanol–water partition coefficient (Wildman–Crippen LogP) is 1.80. The Bertz CT molecular complexity index is 295. The molecule has 1 heterocycles. The first-order valence-electron chi connectivity index (χ1n) is 3.82. The van der Waals surface area contributed by atoms with Crippen molar-refractivity contribution in [1.29, 1.82) is 0 Å². The fraction of sp³-hybridized carbons (Fsp3) is 0.571. The van der Waals surface area contributed by atoms with Crippen molar-refractivity contribution in [2.24, 2.45) is 5.73 Å². The Morgan fingerprint density at radius 2 is 2.07 bits per heavy atom. The highest BCUT2D eigenvalue weighted by Gasteiger charge is 2.36. The van der Waals surface area contributed by atoms with Crippen molar-refractivity contribution in [2.45, 2.75) is 26.2 Å². The summed E-state index contributed by atoms with van der Waals surface area (Å²) in [6, 6.07) is 0. The zero-order valence-electron chi connectivity index (χ0n) is 7.51. The molecule has 0 saturated heterocycles. The Morgan fingerprint density at radius 3 is 2.36 bits per heavy atom. The molecule has 0 unspecified atom stereocenters. The number of aromatic nitrogens is 2. The first kappa shape index (κ1) is 13.2. The van der Waals surface area contributed by atoms with E-state index in [1.54, 1.807) is 6.92 Å². The van der Waals surface area contributed by atoms with Crippen molar-refractivity contribution in [1.82, 2.24) is 9.78 Å². The van der Waals surface area contributed by atoms with E-state index in [1.807, 2.05) is 0 Å². The average molecular weight is 230 g/mol. The summed E-state index contributed by atoms with van der Waals surface area (Å²) in [4.78, 5) is 0. The van der Waals surface area contributed by atoms with E-state index >= 15 is 0 Å². The van der Waals surface area contributed by atoms with Crippen molar-refractivity contribution < 1.29 is 13.2 Å². The Hall–Kier alpha value is -0.750. The van der Waals surface area contributed by atoms with E-state index in [-0.39, 0.29) is 24.5 Å². The molecular formula is C7H11ClF3N3. The van der Waals surface area contributed by atoms with E-state index in [2.05, 4.69) is 5.10 Å². The summed E-state index contributed by atoms with van der Waals surface area (Å²) in [5.74, 6) is 0. The standard InChI is InChI=1S/C7H10F3N3.ClH/c1-2-13-4-5(3-11)6(12-13)7(8,9)10;/h4H,2-3,11H2,1H3;1H. The molecule has 0 aliphatic carbocycles. The lowest BCUT2D eigenvalue weighted by Crippen LogP contribution is -2.11. The first-order valence-corrected chi connectivity index (χ1v) is 3.82. The van der Waals surface area contributed by atoms with Crippen LogP contribution in [0.5, 0.6) is 0 Å². The van der Waals surface area contributed by atoms with Crippen LogP contribution in [0.1, 0.15) is 18.2 Å². The molecule has 1 rings (SSSR count). The number of aryl methyl sites for hydroxylation is 1. The molecule has 0 aliphatic heterocycles. The lowest BCUT2D eigenvalue weighted by Gasteiger charge is -2.03. The van der Waals surface area contributed by atoms with Gasteiger partial charge >= 0.3 is 6.18 Å². The van der Waals surface area contributed by atoms with Gasteiger partial charge in [-0.2, -0.15) is 18.3 Å². The minimum atomic E-state index is -4.41. The highest BCUT2D eigenvalue weighted by molar-refractivity contribution is 5.85. The SMILES string of the molecule is CCn1cc(CN)c(C(F)(F)F)n1.Cl. The highest BCUT2D eigenvalue weighted by atomic mass is 35.5. The molecule has 2 N–H and O–H groups in total. The van der Waals surface area contributed by atoms with Crippen LogP contribution in [-0.2, 0) is 19.3 Å². The van der Waals surface area contributed by atoms with E-state index in [4.69, 9.17) is 5.73 Å². The van der Waals surface area contributed by atoms with Crippen molar-refractivity contribution in [2.75, 3.05) is 0 Å². The molecule has 1 aromatic rings. The maximum absolute atomic E-state index is 12.3. The molecule has 0 aliphatic rings. The minimum Gasteiger partial charge on any atom is -0.326 e. The van der Waals surface area contributed by atoms with Gasteiger partial charge in [0.2, 0.25) is 0 Å². The van der Waals surface area contributed by atoms with Gasteiger partial charge in [-0.05, 0) is 6.92 Å². The molecule has 0 saturated carbocycles. The van der Waals surface area contributed by atoms with Gasteiger partial charge in [0.25, 0.3) is 0 Å². The van der Waals surface area contributed by atoms with Crippen molar-refractivity contribution in [3.05, 3.63) is 17.5 Å². The molecule has 0 radical (unpaired) electrons. The molecule has 1 aromatic heterocycles. The number of nitrogens with zero attached hydrogens (tertiary/aromatic N) is 2. The van der Waals surface area contributed by atoms with E-state index in [1.165, 1.54) is 10.9 Å². The maximum atomic E-state index is 12.3. The van der Waals surface area contributed by atoms with E-state index in [0.29, 0.717) is 6.54 Å². The third kappa shape index (κ3) is 2.62. The van der Waals surface area contributed by atoms with Crippen LogP contribution in [0.15, 0.2) is 6.20 Å². The van der Waals surface area contributed by atoms with E-state index in [9.17, 15) is 13.2 Å². The molecule has 0 spiro atoms. The van der Waals surface area contributed by atoms with Crippen LogP contribution in [0.3, 0.4) is 0 Å². The second kappa shape index (κ2) is 4.65. The number of hydrogen-bond donors (Lipinski definition) is 1. The van der Waals surface area contributed by atoms with Crippen molar-refractivity contribution >= 4 is 12.4 Å². The second-order valence-electron chi connectivity index (χ2n) is 2.56. The highest BCUT2D eigenvalue weighted by Crippen LogP contribution is 2.30. The minimum absolute atomic E-state index is 0. The summed E-state index contributed by atoms with van der Waals surface area (Å²) >= 11 is 0. The van der Waals surface area contributed by atoms with Crippen LogP contribution in [0.25, 0.3) is 0 Å². The van der Waals surface area contributed by atoms with Gasteiger partial charge in [-0.3, -0.25) is 4.68 Å². The summed E-state index contributed by atoms with van der Waals surface area (Å²) in [7, 11) is 0. The zero-order chi connectivity index (χ0) is 10.1. The van der Waals surface area contributed by atoms with Gasteiger partial charge in [0.1, 0.15) is 0 Å². The summed E-state index contributed by atoms with van der Waals surface area (Å²) in [6.45, 7) is 1.98. The zero-order valence-corrected chi connectivity index (χ0v) is 8.32. The third-order valence-electron chi connectivity index (χ3n) is 1.65. The Kier molecular flexibility index (Phi) is 4.41. The largest absolute Gasteiger partial charge is 0.435 e. The number of nitrogens with two attached hydrogens (primary N) is 1. The Balaban J connectivity index is 0.00000169. The Labute approximate surface area is 85.5 Å². The average Bonchev–Trinajstić information content (AvgIpc) is 2.46. The lowest BCUT2D eigenvalue weighted by atomic mass is 10.2. The molecule has 7 heteroatoms. The van der Waals surface area contributed by atoms with Crippen LogP contribution in [0.2, 0.25) is 0 Å². The van der Waals surface area contributed by atoms with Gasteiger partial charge in [0.05, 0.1) is 0 Å². The topological polar surface area (TPSA) is 43.8 Å². The lowest BCUT2D eigenvalue weighted by molar-refractivity contribution is -0.142. The predicted molar refractivity (Wildman–Crippen MR) is 48.0 cm³/mol. The monoisotopic (exact) mass is 229 g/mol. The molecule has 0 bridgehead atoms. The normalized spacial score (nSPS) is 11.2. The smallest absolute Gasteiger partial charge is 0.326 e. The summed E-state index contributed by atoms with van der Waals surface area (Å²) in [5, 5.41) is 3.38. The first-order chi connectivity index (χ1) is 5.99. The van der Waals surface area contributed by atoms with Gasteiger partial charge in [0, 0.05) is 24.8 Å². The molecule has 0 amide bonds. The van der Waals surface area contributed by atoms with Crippen LogP contribution in [0, 0.1) is 0 Å². The maximum Gasteiger partial charge on any atom is 0.435 e. The number of alkyl halides is 3. The number of halogens is 4. The Morgan fingerprint density at radius 1 is 1.50 bits per heavy atom. The fourth-order valence-corrected chi connectivity index (χ4v) is 1.01. The van der Waals surface area contributed by atoms with Gasteiger partial charge in [-0.15, -0.1) is 12.4 Å². The summed E-state index contributed by atoms with van der Waals surface area (Å²) in [5.41, 5.74) is 4.32. The molecular weight excluding hydrogens is 219 g/mol. The van der Waals surface area contributed by atoms with Crippen LogP contribution >= 0.6 is 12.4 Å². The van der Waals surface area contributed by atoms with Crippen molar-refractivity contribution in [3.63, 3.8) is 0 Å². The molecule has 0 fully saturated rings. The molecule has 82 valence electrons. The van der Waals surface area contributed by atoms with Gasteiger partial charge in [-0.25, -0.2) is 0 Å². The van der Waals surface area contributed by atoms with Crippen LogP contribution in [-0.4, -0.2) is 9.78 Å². The summed E-state index contributed by atoms with van der Waals surface area (Å²) in [6.07, 6.45) is -3.09. The van der Waals surface area contributed by atoms with Gasteiger partial charge in [0.15, 0.2) is 5.69 Å². The third-order valence-corrected chi connectivity index (χ3v) is 1.65. The van der Waals surface area contributed by atoms with Crippen LogP contribution in [0.4, 0.5) is 13.2 Å². The molecule has 14 heavy (non-hydrogen) atoms. The molecule has 0 aromatic carbocycles. The number of rotatable bonds is 2. The quantitative estimate of drug-likeness (QED) is 0.841. The van der Waals surface area contributed by atoms with Crippen LogP contribution < -0.4 is 5.73 Å². The van der Waals surface area contributed by atoms with E-state index in [0.717, 1.165) is 0 Å². The molecule has 3 nitrogen and oxygen atoms in total. The fourth-order valence-electron chi connectivity index (χ4n) is 1.01. The van der Waals surface area contributed by atoms with Gasteiger partial charge < -0.3 is 5.73 Å². The number of hydrogen-bond acceptors (Lipinski definition) is 2. The van der Waals surface area contributed by atoms with Gasteiger partial charge in [-0.1, -0.05) is 0 Å². The van der Waals surface area contributed by atoms with E-state index < -0.39 is 11.9 Å². The second-order valence-corrected chi connectivity index (χ2v) is 2.56. The molecule has 0 atom stereocenters.